The maximum atomic E-state index is 10.2. The maximum absolute atomic E-state index is 10.2. The standard InChI is InChI=1S/C31H21N3/c1-21-8-7-12-26-25-11-5-6-13-29(25)34(31(21)26)30-18-24(20-32)27(23-14-16-33-17-15-23)19-28(30)22-9-3-2-4-10-22/h2-19H,1H3. The van der Waals surface area contributed by atoms with Crippen LogP contribution >= 0.6 is 0 Å². The molecular formula is C31H21N3. The van der Waals surface area contributed by atoms with Gasteiger partial charge in [0, 0.05) is 34.3 Å². The molecule has 2 heterocycles. The Morgan fingerprint density at radius 3 is 2.21 bits per heavy atom. The summed E-state index contributed by atoms with van der Waals surface area (Å²) >= 11 is 0. The van der Waals surface area contributed by atoms with Gasteiger partial charge in [-0.15, -0.1) is 0 Å². The van der Waals surface area contributed by atoms with Gasteiger partial charge in [-0.05, 0) is 53.9 Å². The van der Waals surface area contributed by atoms with Crippen LogP contribution in [0.3, 0.4) is 0 Å². The Morgan fingerprint density at radius 2 is 1.41 bits per heavy atom. The van der Waals surface area contributed by atoms with Crippen molar-refractivity contribution in [3.63, 3.8) is 0 Å². The average Bonchev–Trinajstić information content (AvgIpc) is 3.24. The number of aryl methyl sites for hydroxylation is 1. The molecule has 0 N–H and O–H groups in total. The van der Waals surface area contributed by atoms with E-state index in [1.807, 2.05) is 24.3 Å². The van der Waals surface area contributed by atoms with Crippen LogP contribution in [-0.2, 0) is 0 Å². The van der Waals surface area contributed by atoms with E-state index in [-0.39, 0.29) is 0 Å². The van der Waals surface area contributed by atoms with Gasteiger partial charge in [0.15, 0.2) is 0 Å². The van der Waals surface area contributed by atoms with Crippen LogP contribution in [0, 0.1) is 18.3 Å². The highest BCUT2D eigenvalue weighted by Crippen LogP contribution is 2.40. The van der Waals surface area contributed by atoms with E-state index in [9.17, 15) is 5.26 Å². The number of nitrogens with zero attached hydrogens (tertiary/aromatic N) is 3. The van der Waals surface area contributed by atoms with Crippen LogP contribution in [0.4, 0.5) is 0 Å². The van der Waals surface area contributed by atoms with E-state index >= 15 is 0 Å². The lowest BCUT2D eigenvalue weighted by Crippen LogP contribution is -2.01. The highest BCUT2D eigenvalue weighted by molar-refractivity contribution is 6.10. The van der Waals surface area contributed by atoms with E-state index in [0.29, 0.717) is 5.56 Å². The van der Waals surface area contributed by atoms with Crippen molar-refractivity contribution < 1.29 is 0 Å². The van der Waals surface area contributed by atoms with Gasteiger partial charge in [0.1, 0.15) is 0 Å². The summed E-state index contributed by atoms with van der Waals surface area (Å²) in [6, 6.07) is 35.9. The summed E-state index contributed by atoms with van der Waals surface area (Å²) in [5, 5.41) is 12.6. The third-order valence-corrected chi connectivity index (χ3v) is 6.47. The molecule has 0 spiro atoms. The zero-order valence-electron chi connectivity index (χ0n) is 18.7. The molecule has 0 atom stereocenters. The fourth-order valence-electron chi connectivity index (χ4n) is 4.93. The van der Waals surface area contributed by atoms with Crippen molar-refractivity contribution in [2.75, 3.05) is 0 Å². The van der Waals surface area contributed by atoms with Gasteiger partial charge in [0.2, 0.25) is 0 Å². The van der Waals surface area contributed by atoms with Gasteiger partial charge in [0.25, 0.3) is 0 Å². The van der Waals surface area contributed by atoms with Gasteiger partial charge in [-0.3, -0.25) is 4.98 Å². The second-order valence-electron chi connectivity index (χ2n) is 8.45. The fourth-order valence-corrected chi connectivity index (χ4v) is 4.93. The van der Waals surface area contributed by atoms with Gasteiger partial charge in [-0.1, -0.05) is 66.7 Å². The summed E-state index contributed by atoms with van der Waals surface area (Å²) in [4.78, 5) is 4.16. The second-order valence-corrected chi connectivity index (χ2v) is 8.45. The smallest absolute Gasteiger partial charge is 0.0998 e. The number of benzene rings is 4. The summed E-state index contributed by atoms with van der Waals surface area (Å²) in [5.74, 6) is 0. The third-order valence-electron chi connectivity index (χ3n) is 6.47. The quantitative estimate of drug-likeness (QED) is 0.286. The van der Waals surface area contributed by atoms with Crippen LogP contribution in [0.25, 0.3) is 49.7 Å². The predicted octanol–water partition coefficient (Wildman–Crippen LogP) is 7.69. The van der Waals surface area contributed by atoms with Gasteiger partial charge in [-0.25, -0.2) is 0 Å². The minimum absolute atomic E-state index is 0.639. The molecule has 0 unspecified atom stereocenters. The zero-order chi connectivity index (χ0) is 23.1. The summed E-state index contributed by atoms with van der Waals surface area (Å²) in [6.45, 7) is 2.15. The molecule has 6 aromatic rings. The molecule has 160 valence electrons. The maximum Gasteiger partial charge on any atom is 0.0998 e. The van der Waals surface area contributed by atoms with E-state index in [2.05, 4.69) is 95.3 Å². The lowest BCUT2D eigenvalue weighted by molar-refractivity contribution is 1.17. The first-order valence-corrected chi connectivity index (χ1v) is 11.3. The molecule has 0 amide bonds. The van der Waals surface area contributed by atoms with Crippen LogP contribution < -0.4 is 0 Å². The van der Waals surface area contributed by atoms with Crippen molar-refractivity contribution in [2.24, 2.45) is 0 Å². The number of rotatable bonds is 3. The molecular weight excluding hydrogens is 414 g/mol. The summed E-state index contributed by atoms with van der Waals surface area (Å²) in [5.41, 5.74) is 9.21. The topological polar surface area (TPSA) is 41.6 Å². The largest absolute Gasteiger partial charge is 0.308 e. The number of para-hydroxylation sites is 2. The normalized spacial score (nSPS) is 11.1. The predicted molar refractivity (Wildman–Crippen MR) is 139 cm³/mol. The van der Waals surface area contributed by atoms with Crippen LogP contribution in [0.1, 0.15) is 11.1 Å². The Kier molecular flexibility index (Phi) is 4.71. The molecule has 0 fully saturated rings. The average molecular weight is 436 g/mol. The molecule has 34 heavy (non-hydrogen) atoms. The summed E-state index contributed by atoms with van der Waals surface area (Å²) in [7, 11) is 0. The van der Waals surface area contributed by atoms with Crippen molar-refractivity contribution in [1.29, 1.82) is 5.26 Å². The first-order valence-electron chi connectivity index (χ1n) is 11.3. The second kappa shape index (κ2) is 8.03. The number of fused-ring (bicyclic) bond motifs is 3. The summed E-state index contributed by atoms with van der Waals surface area (Å²) in [6.07, 6.45) is 3.53. The summed E-state index contributed by atoms with van der Waals surface area (Å²) < 4.78 is 2.32. The number of hydrogen-bond donors (Lipinski definition) is 0. The van der Waals surface area contributed by atoms with Gasteiger partial charge >= 0.3 is 0 Å². The van der Waals surface area contributed by atoms with E-state index in [0.717, 1.165) is 33.5 Å². The van der Waals surface area contributed by atoms with Crippen molar-refractivity contribution in [1.82, 2.24) is 9.55 Å². The van der Waals surface area contributed by atoms with Gasteiger partial charge < -0.3 is 4.57 Å². The van der Waals surface area contributed by atoms with Crippen molar-refractivity contribution in [2.45, 2.75) is 6.92 Å². The number of pyridine rings is 1. The van der Waals surface area contributed by atoms with Crippen LogP contribution in [0.15, 0.2) is 109 Å². The van der Waals surface area contributed by atoms with E-state index in [1.165, 1.54) is 21.9 Å². The van der Waals surface area contributed by atoms with Crippen molar-refractivity contribution in [3.05, 3.63) is 121 Å². The molecule has 6 rings (SSSR count). The number of hydrogen-bond acceptors (Lipinski definition) is 2. The number of nitriles is 1. The molecule has 3 nitrogen and oxygen atoms in total. The third kappa shape index (κ3) is 3.09. The highest BCUT2D eigenvalue weighted by atomic mass is 15.0. The van der Waals surface area contributed by atoms with Crippen LogP contribution in [0.5, 0.6) is 0 Å². The Hall–Kier alpha value is -4.68. The lowest BCUT2D eigenvalue weighted by atomic mass is 9.93. The minimum atomic E-state index is 0.639. The molecule has 4 aromatic carbocycles. The minimum Gasteiger partial charge on any atom is -0.308 e. The van der Waals surface area contributed by atoms with E-state index < -0.39 is 0 Å². The fraction of sp³-hybridized carbons (Fsp3) is 0.0323. The van der Waals surface area contributed by atoms with Crippen molar-refractivity contribution >= 4 is 21.8 Å². The number of aromatic nitrogens is 2. The van der Waals surface area contributed by atoms with E-state index in [1.54, 1.807) is 12.4 Å². The SMILES string of the molecule is Cc1cccc2c3ccccc3n(-c3cc(C#N)c(-c4ccncc4)cc3-c3ccccc3)c12. The Bertz CT molecular complexity index is 1710. The first kappa shape index (κ1) is 20.0. The molecule has 0 aliphatic carbocycles. The molecule has 0 saturated heterocycles. The Morgan fingerprint density at radius 1 is 0.706 bits per heavy atom. The van der Waals surface area contributed by atoms with Crippen LogP contribution in [0.2, 0.25) is 0 Å². The van der Waals surface area contributed by atoms with Gasteiger partial charge in [0.05, 0.1) is 28.4 Å². The monoisotopic (exact) mass is 435 g/mol. The van der Waals surface area contributed by atoms with Crippen molar-refractivity contribution in [3.8, 4) is 34.0 Å². The molecule has 3 heteroatoms. The first-order chi connectivity index (χ1) is 16.8. The molecule has 0 radical (unpaired) electrons. The van der Waals surface area contributed by atoms with Crippen LogP contribution in [-0.4, -0.2) is 9.55 Å². The zero-order valence-corrected chi connectivity index (χ0v) is 18.7. The molecule has 0 aliphatic rings. The molecule has 0 bridgehead atoms. The Balaban J connectivity index is 1.78. The van der Waals surface area contributed by atoms with E-state index in [4.69, 9.17) is 0 Å². The Labute approximate surface area is 198 Å². The van der Waals surface area contributed by atoms with Gasteiger partial charge in [-0.2, -0.15) is 5.26 Å². The molecule has 2 aromatic heterocycles. The lowest BCUT2D eigenvalue weighted by Gasteiger charge is -2.18. The molecule has 0 aliphatic heterocycles. The molecule has 0 saturated carbocycles. The highest BCUT2D eigenvalue weighted by Gasteiger charge is 2.19.